The summed E-state index contributed by atoms with van der Waals surface area (Å²) >= 11 is 0. The molecule has 25 heavy (non-hydrogen) atoms. The topological polar surface area (TPSA) is 51.1 Å². The number of hydrogen-bond acceptors (Lipinski definition) is 2. The van der Waals surface area contributed by atoms with Gasteiger partial charge in [-0.2, -0.15) is 0 Å². The van der Waals surface area contributed by atoms with Crippen molar-refractivity contribution in [3.05, 3.63) is 71.4 Å². The molecule has 1 fully saturated rings. The van der Waals surface area contributed by atoms with Crippen LogP contribution in [-0.4, -0.2) is 21.6 Å². The van der Waals surface area contributed by atoms with E-state index in [1.807, 2.05) is 30.5 Å². The molecule has 3 aromatic rings. The highest BCUT2D eigenvalue weighted by molar-refractivity contribution is 8.28. The van der Waals surface area contributed by atoms with Gasteiger partial charge >= 0.3 is 0 Å². The lowest BCUT2D eigenvalue weighted by Crippen LogP contribution is -2.20. The fraction of sp³-hybridized carbons (Fsp3) is 0.150. The third kappa shape index (κ3) is 2.70. The molecule has 2 atom stereocenters. The molecular formula is C20H18N2O2S. The lowest BCUT2D eigenvalue weighted by atomic mass is 10.1. The number of imide groups is 1. The Kier molecular flexibility index (Phi) is 3.81. The Morgan fingerprint density at radius 3 is 2.68 bits per heavy atom. The smallest absolute Gasteiger partial charge is 0.280 e. The number of amides is 2. The van der Waals surface area contributed by atoms with Crippen LogP contribution >= 0.6 is 10.5 Å². The van der Waals surface area contributed by atoms with Crippen molar-refractivity contribution in [2.45, 2.75) is 18.7 Å². The number of hydrogen-bond donors (Lipinski definition) is 1. The average Bonchev–Trinajstić information content (AvgIpc) is 3.09. The zero-order chi connectivity index (χ0) is 17.6. The summed E-state index contributed by atoms with van der Waals surface area (Å²) in [5.74, 6) is 3.66. The van der Waals surface area contributed by atoms with E-state index in [-0.39, 0.29) is 11.1 Å². The van der Waals surface area contributed by atoms with Gasteiger partial charge in [0.25, 0.3) is 5.24 Å². The third-order valence-electron chi connectivity index (χ3n) is 4.55. The minimum atomic E-state index is -0.883. The van der Waals surface area contributed by atoms with Gasteiger partial charge in [-0.3, -0.25) is 14.9 Å². The number of benzene rings is 2. The van der Waals surface area contributed by atoms with Crippen LogP contribution in [-0.2, 0) is 11.3 Å². The Labute approximate surface area is 148 Å². The lowest BCUT2D eigenvalue weighted by Gasteiger charge is -2.11. The number of aryl methyl sites for hydroxylation is 1. The van der Waals surface area contributed by atoms with E-state index in [1.54, 1.807) is 0 Å². The van der Waals surface area contributed by atoms with E-state index in [0.29, 0.717) is 0 Å². The van der Waals surface area contributed by atoms with E-state index in [2.05, 4.69) is 46.9 Å². The number of rotatable bonds is 3. The molecule has 0 aliphatic carbocycles. The molecule has 1 N–H and O–H groups in total. The maximum Gasteiger partial charge on any atom is 0.280 e. The van der Waals surface area contributed by atoms with Crippen molar-refractivity contribution in [3.8, 4) is 0 Å². The van der Waals surface area contributed by atoms with Gasteiger partial charge in [-0.15, -0.1) is 0 Å². The fourth-order valence-electron chi connectivity index (χ4n) is 3.38. The Balaban J connectivity index is 1.77. The molecule has 0 radical (unpaired) electrons. The van der Waals surface area contributed by atoms with Crippen LogP contribution in [0, 0.1) is 6.92 Å². The number of carbonyl (C=O) groups excluding carboxylic acids is 2. The molecule has 5 heteroatoms. The summed E-state index contributed by atoms with van der Waals surface area (Å²) in [6, 6.07) is 16.4. The Morgan fingerprint density at radius 1 is 1.16 bits per heavy atom. The van der Waals surface area contributed by atoms with Crippen LogP contribution in [0.15, 0.2) is 54.7 Å². The highest BCUT2D eigenvalue weighted by Crippen LogP contribution is 2.42. The molecule has 4 rings (SSSR count). The van der Waals surface area contributed by atoms with Gasteiger partial charge in [0, 0.05) is 23.6 Å². The number of aromatic nitrogens is 1. The zero-order valence-corrected chi connectivity index (χ0v) is 14.7. The first-order valence-corrected chi connectivity index (χ1v) is 9.51. The molecule has 1 aliphatic heterocycles. The van der Waals surface area contributed by atoms with Gasteiger partial charge in [-0.1, -0.05) is 58.3 Å². The van der Waals surface area contributed by atoms with Crippen molar-refractivity contribution >= 4 is 38.4 Å². The second-order valence-electron chi connectivity index (χ2n) is 6.30. The minimum absolute atomic E-state index is 0.248. The molecule has 1 saturated heterocycles. The molecule has 1 aliphatic rings. The summed E-state index contributed by atoms with van der Waals surface area (Å²) in [7, 11) is -0.883. The van der Waals surface area contributed by atoms with E-state index < -0.39 is 15.7 Å². The predicted molar refractivity (Wildman–Crippen MR) is 103 cm³/mol. The summed E-state index contributed by atoms with van der Waals surface area (Å²) in [6.07, 6.45) is 2.03. The summed E-state index contributed by atoms with van der Waals surface area (Å²) in [5.41, 5.74) is 4.40. The van der Waals surface area contributed by atoms with Gasteiger partial charge in [0.2, 0.25) is 5.91 Å². The maximum atomic E-state index is 12.2. The summed E-state index contributed by atoms with van der Waals surface area (Å²) in [6.45, 7) is 2.85. The van der Waals surface area contributed by atoms with Crippen LogP contribution in [0.3, 0.4) is 0 Å². The summed E-state index contributed by atoms with van der Waals surface area (Å²) in [4.78, 5) is 24.0. The molecule has 1 aromatic heterocycles. The molecule has 0 spiro atoms. The van der Waals surface area contributed by atoms with Crippen molar-refractivity contribution in [2.75, 3.05) is 0 Å². The van der Waals surface area contributed by atoms with Crippen LogP contribution in [0.4, 0.5) is 4.79 Å². The van der Waals surface area contributed by atoms with Crippen LogP contribution < -0.4 is 5.32 Å². The van der Waals surface area contributed by atoms with E-state index in [9.17, 15) is 9.59 Å². The normalized spacial score (nSPS) is 20.2. The van der Waals surface area contributed by atoms with Crippen LogP contribution in [0.5, 0.6) is 0 Å². The quantitative estimate of drug-likeness (QED) is 0.726. The van der Waals surface area contributed by atoms with Crippen LogP contribution in [0.25, 0.3) is 10.9 Å². The van der Waals surface area contributed by atoms with Crippen LogP contribution in [0.1, 0.15) is 21.9 Å². The Bertz CT molecular complexity index is 1040. The van der Waals surface area contributed by atoms with Crippen LogP contribution in [0.2, 0.25) is 0 Å². The highest BCUT2D eigenvalue weighted by atomic mass is 32.2. The van der Waals surface area contributed by atoms with Gasteiger partial charge in [-0.05, 0) is 30.2 Å². The lowest BCUT2D eigenvalue weighted by molar-refractivity contribution is -0.119. The third-order valence-corrected chi connectivity index (χ3v) is 6.17. The first-order valence-electron chi connectivity index (χ1n) is 8.05. The van der Waals surface area contributed by atoms with Crippen molar-refractivity contribution in [1.29, 1.82) is 0 Å². The summed E-state index contributed by atoms with van der Waals surface area (Å²) in [5, 5.41) is 2.64. The SMILES string of the molecule is C=S1C(=O)NC(=O)C1c1cccc2c1ccn2Cc1cccc(C)c1. The molecule has 2 unspecified atom stereocenters. The van der Waals surface area contributed by atoms with E-state index >= 15 is 0 Å². The minimum Gasteiger partial charge on any atom is -0.343 e. The van der Waals surface area contributed by atoms with Crippen molar-refractivity contribution in [1.82, 2.24) is 9.88 Å². The van der Waals surface area contributed by atoms with Gasteiger partial charge in [0.05, 0.1) is 0 Å². The molecule has 126 valence electrons. The second-order valence-corrected chi connectivity index (χ2v) is 8.00. The fourth-order valence-corrected chi connectivity index (χ4v) is 4.66. The predicted octanol–water partition coefficient (Wildman–Crippen LogP) is 3.99. The van der Waals surface area contributed by atoms with E-state index in [0.717, 1.165) is 23.0 Å². The standard InChI is InChI=1S/C20H18N2O2S/c1-13-5-3-6-14(11-13)12-22-10-9-15-16(7-4-8-17(15)22)18-19(23)21-20(24)25(18)2/h3-11,18H,2,12H2,1H3,(H,21,23,24). The number of nitrogens with zero attached hydrogens (tertiary/aromatic N) is 1. The highest BCUT2D eigenvalue weighted by Gasteiger charge is 2.36. The van der Waals surface area contributed by atoms with Crippen molar-refractivity contribution in [2.24, 2.45) is 0 Å². The largest absolute Gasteiger partial charge is 0.343 e. The van der Waals surface area contributed by atoms with E-state index in [4.69, 9.17) is 0 Å². The van der Waals surface area contributed by atoms with Gasteiger partial charge in [0.15, 0.2) is 0 Å². The molecule has 2 heterocycles. The number of nitrogens with one attached hydrogen (secondary N) is 1. The molecule has 0 saturated carbocycles. The molecule has 4 nitrogen and oxygen atoms in total. The Hall–Kier alpha value is -2.66. The van der Waals surface area contributed by atoms with Crippen molar-refractivity contribution < 1.29 is 9.59 Å². The molecule has 2 aromatic carbocycles. The average molecular weight is 350 g/mol. The zero-order valence-electron chi connectivity index (χ0n) is 13.9. The molecule has 0 bridgehead atoms. The Morgan fingerprint density at radius 2 is 1.96 bits per heavy atom. The number of fused-ring (bicyclic) bond motifs is 1. The summed E-state index contributed by atoms with van der Waals surface area (Å²) < 4.78 is 2.17. The van der Waals surface area contributed by atoms with Gasteiger partial charge in [0.1, 0.15) is 5.25 Å². The van der Waals surface area contributed by atoms with Gasteiger partial charge < -0.3 is 4.57 Å². The molecule has 2 amide bonds. The monoisotopic (exact) mass is 350 g/mol. The maximum absolute atomic E-state index is 12.2. The first-order chi connectivity index (χ1) is 12.0. The second kappa shape index (κ2) is 6.01. The molecular weight excluding hydrogens is 332 g/mol. The first kappa shape index (κ1) is 15.8. The van der Waals surface area contributed by atoms with E-state index in [1.165, 1.54) is 11.1 Å². The van der Waals surface area contributed by atoms with Crippen molar-refractivity contribution in [3.63, 3.8) is 0 Å². The number of carbonyl (C=O) groups is 2. The van der Waals surface area contributed by atoms with Gasteiger partial charge in [-0.25, -0.2) is 0 Å².